The van der Waals surface area contributed by atoms with Gasteiger partial charge in [-0.15, -0.1) is 0 Å². The molecule has 8 aromatic carbocycles. The second-order valence-corrected chi connectivity index (χ2v) is 12.0. The molecule has 0 aromatic heterocycles. The molecule has 0 aliphatic heterocycles. The number of hydrogen-bond donors (Lipinski definition) is 2. The quantitative estimate of drug-likeness (QED) is 0.178. The van der Waals surface area contributed by atoms with Crippen LogP contribution in [0.5, 0.6) is 0 Å². The largest absolute Gasteiger partial charge is 0.356 e. The van der Waals surface area contributed by atoms with Crippen molar-refractivity contribution in [1.29, 1.82) is 0 Å². The van der Waals surface area contributed by atoms with Gasteiger partial charge in [-0.2, -0.15) is 0 Å². The van der Waals surface area contributed by atoms with Gasteiger partial charge in [-0.25, -0.2) is 0 Å². The van der Waals surface area contributed by atoms with E-state index in [9.17, 15) is 0 Å². The average molecular weight is 615 g/mol. The van der Waals surface area contributed by atoms with Gasteiger partial charge in [0.1, 0.15) is 0 Å². The van der Waals surface area contributed by atoms with Gasteiger partial charge in [-0.1, -0.05) is 152 Å². The van der Waals surface area contributed by atoms with E-state index >= 15 is 0 Å². The fraction of sp³-hybridized carbons (Fsp3) is 0. The third-order valence-electron chi connectivity index (χ3n) is 8.85. The number of hydrogen-bond acceptors (Lipinski definition) is 2. The van der Waals surface area contributed by atoms with Crippen LogP contribution >= 0.6 is 0 Å². The van der Waals surface area contributed by atoms with E-state index in [0.29, 0.717) is 0 Å². The number of benzene rings is 8. The first-order valence-corrected chi connectivity index (χ1v) is 16.3. The molecule has 8 rings (SSSR count). The molecule has 8 aromatic rings. The molecule has 0 atom stereocenters. The molecule has 0 saturated carbocycles. The summed E-state index contributed by atoms with van der Waals surface area (Å²) in [6.07, 6.45) is 0. The first-order chi connectivity index (χ1) is 23.8. The van der Waals surface area contributed by atoms with Crippen LogP contribution in [0, 0.1) is 0 Å². The number of para-hydroxylation sites is 1. The van der Waals surface area contributed by atoms with Gasteiger partial charge in [-0.3, -0.25) is 0 Å². The zero-order valence-electron chi connectivity index (χ0n) is 26.5. The zero-order valence-corrected chi connectivity index (χ0v) is 26.5. The van der Waals surface area contributed by atoms with Gasteiger partial charge in [0.15, 0.2) is 0 Å². The molecule has 2 N–H and O–H groups in total. The Balaban J connectivity index is 0.994. The van der Waals surface area contributed by atoms with Gasteiger partial charge < -0.3 is 10.6 Å². The molecule has 2 heteroatoms. The fourth-order valence-electron chi connectivity index (χ4n) is 6.37. The SMILES string of the molecule is c1ccc(Nc2ccc(-c3ccc(-c4ccc(-c5cccc(Nc6ccc7ccccc7c6-c6ccccc6)c5)cc4)cc3)cc2)cc1. The van der Waals surface area contributed by atoms with E-state index in [0.717, 1.165) is 22.7 Å². The van der Waals surface area contributed by atoms with Crippen molar-refractivity contribution in [2.75, 3.05) is 10.6 Å². The molecule has 0 amide bonds. The van der Waals surface area contributed by atoms with Gasteiger partial charge in [0.05, 0.1) is 0 Å². The summed E-state index contributed by atoms with van der Waals surface area (Å²) in [5.41, 5.74) is 13.9. The topological polar surface area (TPSA) is 24.1 Å². The third kappa shape index (κ3) is 6.20. The van der Waals surface area contributed by atoms with E-state index in [2.05, 4.69) is 187 Å². The van der Waals surface area contributed by atoms with Crippen molar-refractivity contribution in [2.24, 2.45) is 0 Å². The Morgan fingerprint density at radius 3 is 1.40 bits per heavy atom. The minimum atomic E-state index is 1.06. The van der Waals surface area contributed by atoms with Crippen molar-refractivity contribution in [2.45, 2.75) is 0 Å². The lowest BCUT2D eigenvalue weighted by Gasteiger charge is -2.16. The van der Waals surface area contributed by atoms with E-state index < -0.39 is 0 Å². The summed E-state index contributed by atoms with van der Waals surface area (Å²) in [6.45, 7) is 0. The second-order valence-electron chi connectivity index (χ2n) is 12.0. The van der Waals surface area contributed by atoms with E-state index in [4.69, 9.17) is 0 Å². The van der Waals surface area contributed by atoms with Crippen molar-refractivity contribution in [1.82, 2.24) is 0 Å². The monoisotopic (exact) mass is 614 g/mol. The summed E-state index contributed by atoms with van der Waals surface area (Å²) in [5.74, 6) is 0. The van der Waals surface area contributed by atoms with Gasteiger partial charge in [0.2, 0.25) is 0 Å². The Morgan fingerprint density at radius 2 is 0.750 bits per heavy atom. The summed E-state index contributed by atoms with van der Waals surface area (Å²) in [6, 6.07) is 68.8. The van der Waals surface area contributed by atoms with Crippen molar-refractivity contribution >= 4 is 33.5 Å². The van der Waals surface area contributed by atoms with Crippen LogP contribution in [0.15, 0.2) is 194 Å². The molecule has 0 radical (unpaired) electrons. The van der Waals surface area contributed by atoms with Gasteiger partial charge in [0, 0.05) is 28.3 Å². The maximum Gasteiger partial charge on any atom is 0.0470 e. The van der Waals surface area contributed by atoms with E-state index in [-0.39, 0.29) is 0 Å². The highest BCUT2D eigenvalue weighted by Crippen LogP contribution is 2.38. The first kappa shape index (κ1) is 29.1. The second kappa shape index (κ2) is 13.2. The highest BCUT2D eigenvalue weighted by molar-refractivity contribution is 6.03. The lowest BCUT2D eigenvalue weighted by molar-refractivity contribution is 1.53. The van der Waals surface area contributed by atoms with Crippen LogP contribution in [-0.2, 0) is 0 Å². The van der Waals surface area contributed by atoms with Crippen LogP contribution in [0.4, 0.5) is 22.7 Å². The Hall–Kier alpha value is -6.38. The van der Waals surface area contributed by atoms with Crippen molar-refractivity contribution in [3.8, 4) is 44.5 Å². The van der Waals surface area contributed by atoms with Crippen LogP contribution < -0.4 is 10.6 Å². The number of anilines is 4. The molecule has 0 aliphatic carbocycles. The summed E-state index contributed by atoms with van der Waals surface area (Å²) >= 11 is 0. The first-order valence-electron chi connectivity index (χ1n) is 16.3. The average Bonchev–Trinajstić information content (AvgIpc) is 3.16. The lowest BCUT2D eigenvalue weighted by atomic mass is 9.96. The van der Waals surface area contributed by atoms with Crippen molar-refractivity contribution in [3.05, 3.63) is 194 Å². The molecule has 0 bridgehead atoms. The minimum Gasteiger partial charge on any atom is -0.356 e. The summed E-state index contributed by atoms with van der Waals surface area (Å²) in [5, 5.41) is 9.66. The highest BCUT2D eigenvalue weighted by Gasteiger charge is 2.11. The Bertz CT molecular complexity index is 2290. The highest BCUT2D eigenvalue weighted by atomic mass is 14.9. The van der Waals surface area contributed by atoms with Crippen LogP contribution in [0.1, 0.15) is 0 Å². The molecule has 0 unspecified atom stereocenters. The standard InChI is InChI=1S/C46H34N2/c1-3-11-39(12-4-1)46-44-17-8-7-10-38(44)28-31-45(46)48-43-16-9-13-40(32-43)37-24-22-34(23-25-37)33-18-20-35(21-19-33)36-26-29-42(30-27-36)47-41-14-5-2-6-15-41/h1-32,47-48H. The van der Waals surface area contributed by atoms with Crippen LogP contribution in [0.25, 0.3) is 55.3 Å². The van der Waals surface area contributed by atoms with Crippen molar-refractivity contribution < 1.29 is 0 Å². The molecular formula is C46H34N2. The lowest BCUT2D eigenvalue weighted by Crippen LogP contribution is -1.95. The predicted octanol–water partition coefficient (Wildman–Crippen LogP) is 13.0. The number of fused-ring (bicyclic) bond motifs is 1. The van der Waals surface area contributed by atoms with Crippen LogP contribution in [-0.4, -0.2) is 0 Å². The van der Waals surface area contributed by atoms with Gasteiger partial charge in [0.25, 0.3) is 0 Å². The molecule has 0 heterocycles. The van der Waals surface area contributed by atoms with Gasteiger partial charge in [-0.05, 0) is 92.2 Å². The Kier molecular flexibility index (Phi) is 7.96. The Labute approximate surface area is 282 Å². The zero-order chi connectivity index (χ0) is 32.1. The van der Waals surface area contributed by atoms with E-state index in [1.54, 1.807) is 0 Å². The minimum absolute atomic E-state index is 1.06. The molecule has 48 heavy (non-hydrogen) atoms. The molecule has 0 spiro atoms. The molecule has 228 valence electrons. The smallest absolute Gasteiger partial charge is 0.0470 e. The van der Waals surface area contributed by atoms with E-state index in [1.165, 1.54) is 55.3 Å². The molecular weight excluding hydrogens is 581 g/mol. The fourth-order valence-corrected chi connectivity index (χ4v) is 6.37. The number of rotatable bonds is 8. The Morgan fingerprint density at radius 1 is 0.271 bits per heavy atom. The van der Waals surface area contributed by atoms with Crippen LogP contribution in [0.2, 0.25) is 0 Å². The summed E-state index contributed by atoms with van der Waals surface area (Å²) in [4.78, 5) is 0. The maximum absolute atomic E-state index is 3.74. The van der Waals surface area contributed by atoms with E-state index in [1.807, 2.05) is 18.2 Å². The molecule has 0 saturated heterocycles. The maximum atomic E-state index is 3.74. The third-order valence-corrected chi connectivity index (χ3v) is 8.85. The van der Waals surface area contributed by atoms with Crippen LogP contribution in [0.3, 0.4) is 0 Å². The molecule has 0 aliphatic rings. The predicted molar refractivity (Wildman–Crippen MR) is 205 cm³/mol. The summed E-state index contributed by atoms with van der Waals surface area (Å²) in [7, 11) is 0. The summed E-state index contributed by atoms with van der Waals surface area (Å²) < 4.78 is 0. The van der Waals surface area contributed by atoms with Crippen molar-refractivity contribution in [3.63, 3.8) is 0 Å². The molecule has 0 fully saturated rings. The molecule has 2 nitrogen and oxygen atoms in total. The normalized spacial score (nSPS) is 10.9. The van der Waals surface area contributed by atoms with Gasteiger partial charge >= 0.3 is 0 Å². The number of nitrogens with one attached hydrogen (secondary N) is 2.